The van der Waals surface area contributed by atoms with Crippen LogP contribution in [0, 0.1) is 13.8 Å². The van der Waals surface area contributed by atoms with Crippen molar-refractivity contribution in [2.45, 2.75) is 26.4 Å². The molecule has 0 aliphatic carbocycles. The number of aryl methyl sites for hydroxylation is 2. The first-order valence-electron chi connectivity index (χ1n) is 7.25. The van der Waals surface area contributed by atoms with Crippen molar-refractivity contribution in [1.82, 2.24) is 10.2 Å². The molecule has 1 aromatic rings. The van der Waals surface area contributed by atoms with Crippen molar-refractivity contribution in [3.05, 3.63) is 21.4 Å². The van der Waals surface area contributed by atoms with Crippen LogP contribution in [0.4, 0.5) is 0 Å². The average molecular weight is 312 g/mol. The zero-order valence-corrected chi connectivity index (χ0v) is 13.8. The molecule has 1 atom stereocenters. The van der Waals surface area contributed by atoms with Gasteiger partial charge in [-0.3, -0.25) is 9.69 Å². The predicted octanol–water partition coefficient (Wildman–Crippen LogP) is 1.18. The summed E-state index contributed by atoms with van der Waals surface area (Å²) in [6, 6.07) is 1.89. The Kier molecular flexibility index (Phi) is 5.37. The summed E-state index contributed by atoms with van der Waals surface area (Å²) in [5.74, 6) is -0.112. The second-order valence-corrected chi connectivity index (χ2v) is 7.36. The fourth-order valence-corrected chi connectivity index (χ4v) is 3.44. The summed E-state index contributed by atoms with van der Waals surface area (Å²) < 4.78 is 5.29. The smallest absolute Gasteiger partial charge is 0.252 e. The Morgan fingerprint density at radius 3 is 2.71 bits per heavy atom. The Labute approximate surface area is 129 Å². The summed E-state index contributed by atoms with van der Waals surface area (Å²) in [5.41, 5.74) is -0.230. The summed E-state index contributed by atoms with van der Waals surface area (Å²) in [6.45, 7) is 9.54. The van der Waals surface area contributed by atoms with Gasteiger partial charge in [0, 0.05) is 35.9 Å². The van der Waals surface area contributed by atoms with Crippen LogP contribution in [0.3, 0.4) is 0 Å². The molecule has 1 fully saturated rings. The molecule has 1 unspecified atom stereocenters. The lowest BCUT2D eigenvalue weighted by Crippen LogP contribution is -2.51. The van der Waals surface area contributed by atoms with Crippen molar-refractivity contribution < 1.29 is 14.6 Å². The summed E-state index contributed by atoms with van der Waals surface area (Å²) in [7, 11) is 0. The maximum absolute atomic E-state index is 12.2. The zero-order chi connectivity index (χ0) is 15.5. The molecule has 0 aromatic carbocycles. The molecule has 21 heavy (non-hydrogen) atoms. The standard InChI is InChI=1S/C15H24N2O3S/c1-11-8-13(12(2)21-11)14(18)16-9-15(3,19)10-17-4-6-20-7-5-17/h8,19H,4-7,9-10H2,1-3H3,(H,16,18). The number of ether oxygens (including phenoxy) is 1. The van der Waals surface area contributed by atoms with Gasteiger partial charge in [0.25, 0.3) is 5.91 Å². The van der Waals surface area contributed by atoms with E-state index >= 15 is 0 Å². The SMILES string of the molecule is Cc1cc(C(=O)NCC(C)(O)CN2CCOCC2)c(C)s1. The van der Waals surface area contributed by atoms with Gasteiger partial charge in [-0.1, -0.05) is 0 Å². The van der Waals surface area contributed by atoms with E-state index in [0.29, 0.717) is 25.3 Å². The van der Waals surface area contributed by atoms with Crippen LogP contribution in [0.1, 0.15) is 27.0 Å². The van der Waals surface area contributed by atoms with Gasteiger partial charge in [0.05, 0.1) is 24.4 Å². The summed E-state index contributed by atoms with van der Waals surface area (Å²) in [4.78, 5) is 16.5. The van der Waals surface area contributed by atoms with Crippen LogP contribution >= 0.6 is 11.3 Å². The van der Waals surface area contributed by atoms with Crippen molar-refractivity contribution in [3.8, 4) is 0 Å². The number of carbonyl (C=O) groups is 1. The summed E-state index contributed by atoms with van der Waals surface area (Å²) in [6.07, 6.45) is 0. The second-order valence-electron chi connectivity index (χ2n) is 5.90. The third kappa shape index (κ3) is 4.78. The molecule has 2 heterocycles. The molecular weight excluding hydrogens is 288 g/mol. The van der Waals surface area contributed by atoms with Gasteiger partial charge in [0.1, 0.15) is 0 Å². The number of β-amino-alcohol motifs (C(OH)–C–C–N with tert-alkyl or cyclic N) is 1. The number of nitrogens with zero attached hydrogens (tertiary/aromatic N) is 1. The summed E-state index contributed by atoms with van der Waals surface area (Å²) in [5, 5.41) is 13.3. The van der Waals surface area contributed by atoms with Gasteiger partial charge in [-0.2, -0.15) is 0 Å². The monoisotopic (exact) mass is 312 g/mol. The Morgan fingerprint density at radius 2 is 2.14 bits per heavy atom. The van der Waals surface area contributed by atoms with E-state index < -0.39 is 5.60 Å². The number of nitrogens with one attached hydrogen (secondary N) is 1. The molecule has 0 saturated carbocycles. The van der Waals surface area contributed by atoms with E-state index in [1.54, 1.807) is 18.3 Å². The molecule has 6 heteroatoms. The van der Waals surface area contributed by atoms with Crippen LogP contribution in [0.5, 0.6) is 0 Å². The number of hydrogen-bond donors (Lipinski definition) is 2. The molecule has 1 amide bonds. The first kappa shape index (κ1) is 16.4. The molecule has 0 bridgehead atoms. The lowest BCUT2D eigenvalue weighted by atomic mass is 10.1. The lowest BCUT2D eigenvalue weighted by Gasteiger charge is -2.33. The van der Waals surface area contributed by atoms with E-state index in [1.165, 1.54) is 0 Å². The Bertz CT molecular complexity index is 493. The van der Waals surface area contributed by atoms with Gasteiger partial charge in [-0.05, 0) is 26.8 Å². The molecule has 118 valence electrons. The largest absolute Gasteiger partial charge is 0.387 e. The van der Waals surface area contributed by atoms with Gasteiger partial charge in [-0.15, -0.1) is 11.3 Å². The van der Waals surface area contributed by atoms with Crippen LogP contribution in [0.2, 0.25) is 0 Å². The van der Waals surface area contributed by atoms with Crippen molar-refractivity contribution >= 4 is 17.2 Å². The number of hydrogen-bond acceptors (Lipinski definition) is 5. The highest BCUT2D eigenvalue weighted by Crippen LogP contribution is 2.20. The highest BCUT2D eigenvalue weighted by molar-refractivity contribution is 7.12. The molecule has 0 spiro atoms. The topological polar surface area (TPSA) is 61.8 Å². The van der Waals surface area contributed by atoms with Crippen molar-refractivity contribution in [2.24, 2.45) is 0 Å². The molecule has 1 aliphatic heterocycles. The number of aliphatic hydroxyl groups is 1. The van der Waals surface area contributed by atoms with Crippen LogP contribution in [0.25, 0.3) is 0 Å². The highest BCUT2D eigenvalue weighted by Gasteiger charge is 2.26. The lowest BCUT2D eigenvalue weighted by molar-refractivity contribution is -0.0213. The van der Waals surface area contributed by atoms with E-state index in [1.807, 2.05) is 19.9 Å². The Hall–Kier alpha value is -0.950. The van der Waals surface area contributed by atoms with E-state index in [-0.39, 0.29) is 12.5 Å². The maximum Gasteiger partial charge on any atom is 0.252 e. The predicted molar refractivity (Wildman–Crippen MR) is 84.0 cm³/mol. The fraction of sp³-hybridized carbons (Fsp3) is 0.667. The first-order valence-corrected chi connectivity index (χ1v) is 8.07. The van der Waals surface area contributed by atoms with Gasteiger partial charge in [-0.25, -0.2) is 0 Å². The fourth-order valence-electron chi connectivity index (χ4n) is 2.52. The summed E-state index contributed by atoms with van der Waals surface area (Å²) >= 11 is 1.61. The number of rotatable bonds is 5. The van der Waals surface area contributed by atoms with Crippen LogP contribution < -0.4 is 5.32 Å². The van der Waals surface area contributed by atoms with Crippen molar-refractivity contribution in [2.75, 3.05) is 39.4 Å². The number of carbonyl (C=O) groups excluding carboxylic acids is 1. The van der Waals surface area contributed by atoms with Gasteiger partial charge in [0.2, 0.25) is 0 Å². The third-order valence-electron chi connectivity index (χ3n) is 3.58. The quantitative estimate of drug-likeness (QED) is 0.857. The molecule has 1 aromatic heterocycles. The molecule has 1 aliphatic rings. The molecule has 2 N–H and O–H groups in total. The van der Waals surface area contributed by atoms with E-state index in [9.17, 15) is 9.90 Å². The molecule has 5 nitrogen and oxygen atoms in total. The van der Waals surface area contributed by atoms with E-state index in [4.69, 9.17) is 4.74 Å². The average Bonchev–Trinajstić information content (AvgIpc) is 2.76. The Morgan fingerprint density at radius 1 is 1.48 bits per heavy atom. The van der Waals surface area contributed by atoms with Crippen LogP contribution in [-0.2, 0) is 4.74 Å². The van der Waals surface area contributed by atoms with Gasteiger partial charge >= 0.3 is 0 Å². The minimum atomic E-state index is -0.939. The van der Waals surface area contributed by atoms with Crippen LogP contribution in [-0.4, -0.2) is 60.9 Å². The van der Waals surface area contributed by atoms with Crippen molar-refractivity contribution in [1.29, 1.82) is 0 Å². The number of morpholine rings is 1. The van der Waals surface area contributed by atoms with Crippen molar-refractivity contribution in [3.63, 3.8) is 0 Å². The van der Waals surface area contributed by atoms with E-state index in [0.717, 1.165) is 22.8 Å². The third-order valence-corrected chi connectivity index (χ3v) is 4.55. The highest BCUT2D eigenvalue weighted by atomic mass is 32.1. The van der Waals surface area contributed by atoms with Gasteiger partial charge in [0.15, 0.2) is 0 Å². The van der Waals surface area contributed by atoms with Crippen LogP contribution in [0.15, 0.2) is 6.07 Å². The minimum absolute atomic E-state index is 0.112. The molecule has 1 saturated heterocycles. The van der Waals surface area contributed by atoms with E-state index in [2.05, 4.69) is 10.2 Å². The number of thiophene rings is 1. The molecule has 0 radical (unpaired) electrons. The van der Waals surface area contributed by atoms with Gasteiger partial charge < -0.3 is 15.2 Å². The number of amides is 1. The molecule has 2 rings (SSSR count). The first-order chi connectivity index (χ1) is 9.87. The normalized spacial score (nSPS) is 19.2. The minimum Gasteiger partial charge on any atom is -0.387 e. The molecular formula is C15H24N2O3S. The second kappa shape index (κ2) is 6.87. The maximum atomic E-state index is 12.2. The zero-order valence-electron chi connectivity index (χ0n) is 12.9. The Balaban J connectivity index is 1.85.